The van der Waals surface area contributed by atoms with Crippen LogP contribution in [0.4, 0.5) is 0 Å². The number of nitrogens with zero attached hydrogens (tertiary/aromatic N) is 1. The number of hydrogen-bond donors (Lipinski definition) is 1. The quantitative estimate of drug-likeness (QED) is 0.875. The fraction of sp³-hybridized carbons (Fsp3) is 0.217. The minimum atomic E-state index is -0.455. The van der Waals surface area contributed by atoms with E-state index in [0.29, 0.717) is 29.7 Å². The molecule has 1 aliphatic heterocycles. The number of hydrogen-bond acceptors (Lipinski definition) is 4. The summed E-state index contributed by atoms with van der Waals surface area (Å²) in [7, 11) is 0. The van der Waals surface area contributed by atoms with Crippen LogP contribution in [-0.2, 0) is 9.53 Å². The third kappa shape index (κ3) is 3.02. The van der Waals surface area contributed by atoms with Gasteiger partial charge in [0.2, 0.25) is 5.88 Å². The van der Waals surface area contributed by atoms with Crippen LogP contribution in [0.2, 0.25) is 0 Å². The zero-order valence-electron chi connectivity index (χ0n) is 15.1. The molecule has 0 spiro atoms. The summed E-state index contributed by atoms with van der Waals surface area (Å²) in [6, 6.07) is 20.0. The Morgan fingerprint density at radius 1 is 1.04 bits per heavy atom. The van der Waals surface area contributed by atoms with Gasteiger partial charge in [-0.3, -0.25) is 4.79 Å². The first-order chi connectivity index (χ1) is 13.1. The Labute approximate surface area is 158 Å². The first kappa shape index (κ1) is 17.1. The van der Waals surface area contributed by atoms with E-state index in [0.717, 1.165) is 16.7 Å². The van der Waals surface area contributed by atoms with Gasteiger partial charge in [-0.1, -0.05) is 60.2 Å². The molecule has 2 atom stereocenters. The molecule has 4 heteroatoms. The van der Waals surface area contributed by atoms with Gasteiger partial charge in [-0.2, -0.15) is 5.26 Å². The molecule has 2 aromatic rings. The average Bonchev–Trinajstić information content (AvgIpc) is 2.68. The van der Waals surface area contributed by atoms with Crippen molar-refractivity contribution < 1.29 is 9.53 Å². The number of benzene rings is 2. The lowest BCUT2D eigenvalue weighted by atomic mass is 9.73. The minimum Gasteiger partial charge on any atom is -0.444 e. The molecule has 0 aromatic heterocycles. The first-order valence-electron chi connectivity index (χ1n) is 9.04. The van der Waals surface area contributed by atoms with E-state index < -0.39 is 5.92 Å². The number of aryl methyl sites for hydroxylation is 1. The van der Waals surface area contributed by atoms with Crippen molar-refractivity contribution in [1.29, 1.82) is 5.26 Å². The molecule has 0 radical (unpaired) electrons. The van der Waals surface area contributed by atoms with E-state index >= 15 is 0 Å². The van der Waals surface area contributed by atoms with Gasteiger partial charge in [-0.15, -0.1) is 0 Å². The van der Waals surface area contributed by atoms with E-state index in [9.17, 15) is 10.1 Å². The van der Waals surface area contributed by atoms with Crippen LogP contribution >= 0.6 is 0 Å². The van der Waals surface area contributed by atoms with Crippen LogP contribution < -0.4 is 5.73 Å². The van der Waals surface area contributed by atoms with E-state index in [2.05, 4.69) is 6.07 Å². The highest BCUT2D eigenvalue weighted by atomic mass is 16.5. The molecular weight excluding hydrogens is 336 g/mol. The standard InChI is InChI=1S/C23H20N2O2/c1-14-7-9-16(10-8-14)21-18(13-24)23(25)27-20-12-17(11-19(26)22(20)21)15-5-3-2-4-6-15/h2-10,17,21H,11-12,25H2,1H3/t17-,21+/m1/s1. The number of ketones is 1. The van der Waals surface area contributed by atoms with E-state index in [1.54, 1.807) is 0 Å². The van der Waals surface area contributed by atoms with Crippen LogP contribution in [0.3, 0.4) is 0 Å². The van der Waals surface area contributed by atoms with Gasteiger partial charge in [0.25, 0.3) is 0 Å². The number of carbonyl (C=O) groups is 1. The number of allylic oxidation sites excluding steroid dienone is 3. The fourth-order valence-electron chi connectivity index (χ4n) is 3.96. The van der Waals surface area contributed by atoms with Crippen LogP contribution in [0.5, 0.6) is 0 Å². The highest BCUT2D eigenvalue weighted by Gasteiger charge is 2.40. The van der Waals surface area contributed by atoms with E-state index in [1.807, 2.05) is 61.5 Å². The van der Waals surface area contributed by atoms with Crippen molar-refractivity contribution in [3.63, 3.8) is 0 Å². The highest BCUT2D eigenvalue weighted by Crippen LogP contribution is 2.46. The molecule has 0 fully saturated rings. The Morgan fingerprint density at radius 3 is 2.41 bits per heavy atom. The summed E-state index contributed by atoms with van der Waals surface area (Å²) in [6.45, 7) is 2.00. The molecule has 134 valence electrons. The van der Waals surface area contributed by atoms with Crippen LogP contribution in [0.15, 0.2) is 77.4 Å². The summed E-state index contributed by atoms with van der Waals surface area (Å²) in [5, 5.41) is 9.65. The molecule has 4 nitrogen and oxygen atoms in total. The van der Waals surface area contributed by atoms with Crippen LogP contribution in [0, 0.1) is 18.3 Å². The highest BCUT2D eigenvalue weighted by molar-refractivity contribution is 6.00. The molecular formula is C23H20N2O2. The Balaban J connectivity index is 1.79. The molecule has 4 rings (SSSR count). The molecule has 2 aromatic carbocycles. The van der Waals surface area contributed by atoms with Crippen LogP contribution in [0.25, 0.3) is 0 Å². The average molecular weight is 356 g/mol. The summed E-state index contributed by atoms with van der Waals surface area (Å²) in [4.78, 5) is 13.1. The zero-order valence-corrected chi connectivity index (χ0v) is 15.1. The molecule has 27 heavy (non-hydrogen) atoms. The minimum absolute atomic E-state index is 0.0240. The molecule has 1 heterocycles. The van der Waals surface area contributed by atoms with Crippen LogP contribution in [-0.4, -0.2) is 5.78 Å². The third-order valence-corrected chi connectivity index (χ3v) is 5.34. The maximum Gasteiger partial charge on any atom is 0.205 e. The van der Waals surface area contributed by atoms with E-state index in [4.69, 9.17) is 10.5 Å². The van der Waals surface area contributed by atoms with Gasteiger partial charge in [-0.05, 0) is 24.0 Å². The van der Waals surface area contributed by atoms with E-state index in [-0.39, 0.29) is 17.6 Å². The SMILES string of the molecule is Cc1ccc([C@H]2C(C#N)=C(N)OC3=C2C(=O)C[C@@H](c2ccccc2)C3)cc1. The Bertz CT molecular complexity index is 995. The summed E-state index contributed by atoms with van der Waals surface area (Å²) < 4.78 is 5.79. The molecule has 2 N–H and O–H groups in total. The van der Waals surface area contributed by atoms with Crippen molar-refractivity contribution in [3.05, 3.63) is 94.1 Å². The molecule has 1 aliphatic carbocycles. The predicted octanol–water partition coefficient (Wildman–Crippen LogP) is 4.20. The fourth-order valence-corrected chi connectivity index (χ4v) is 3.96. The summed E-state index contributed by atoms with van der Waals surface area (Å²) in [6.07, 6.45) is 1.01. The number of rotatable bonds is 2. The van der Waals surface area contributed by atoms with Crippen molar-refractivity contribution in [2.75, 3.05) is 0 Å². The van der Waals surface area contributed by atoms with E-state index in [1.165, 1.54) is 0 Å². The first-order valence-corrected chi connectivity index (χ1v) is 9.04. The predicted molar refractivity (Wildman–Crippen MR) is 102 cm³/mol. The van der Waals surface area contributed by atoms with Gasteiger partial charge in [0.15, 0.2) is 5.78 Å². The maximum absolute atomic E-state index is 13.1. The number of nitriles is 1. The molecule has 0 unspecified atom stereocenters. The zero-order chi connectivity index (χ0) is 19.0. The van der Waals surface area contributed by atoms with Gasteiger partial charge in [-0.25, -0.2) is 0 Å². The van der Waals surface area contributed by atoms with Gasteiger partial charge in [0, 0.05) is 18.4 Å². The number of nitrogens with two attached hydrogens (primary N) is 1. The molecule has 0 bridgehead atoms. The Morgan fingerprint density at radius 2 is 1.74 bits per heavy atom. The maximum atomic E-state index is 13.1. The molecule has 2 aliphatic rings. The number of carbonyl (C=O) groups excluding carboxylic acids is 1. The number of ether oxygens (including phenoxy) is 1. The van der Waals surface area contributed by atoms with Crippen molar-refractivity contribution in [3.8, 4) is 6.07 Å². The lowest BCUT2D eigenvalue weighted by Crippen LogP contribution is -2.29. The second kappa shape index (κ2) is 6.77. The van der Waals surface area contributed by atoms with Gasteiger partial charge < -0.3 is 10.5 Å². The van der Waals surface area contributed by atoms with Gasteiger partial charge in [0.05, 0.1) is 5.92 Å². The third-order valence-electron chi connectivity index (χ3n) is 5.34. The van der Waals surface area contributed by atoms with Crippen molar-refractivity contribution in [1.82, 2.24) is 0 Å². The second-order valence-corrected chi connectivity index (χ2v) is 7.11. The van der Waals surface area contributed by atoms with Crippen molar-refractivity contribution in [2.45, 2.75) is 31.6 Å². The topological polar surface area (TPSA) is 76.1 Å². The Hall–Kier alpha value is -3.32. The van der Waals surface area contributed by atoms with Crippen LogP contribution in [0.1, 0.15) is 41.4 Å². The number of Topliss-reactive ketones (excluding diaryl/α,β-unsaturated/α-hetero) is 1. The molecule has 0 saturated carbocycles. The summed E-state index contributed by atoms with van der Waals surface area (Å²) >= 11 is 0. The van der Waals surface area contributed by atoms with Gasteiger partial charge >= 0.3 is 0 Å². The largest absolute Gasteiger partial charge is 0.444 e. The Kier molecular flexibility index (Phi) is 4.29. The lowest BCUT2D eigenvalue weighted by molar-refractivity contribution is -0.117. The monoisotopic (exact) mass is 356 g/mol. The van der Waals surface area contributed by atoms with Crippen molar-refractivity contribution in [2.24, 2.45) is 5.73 Å². The molecule has 0 amide bonds. The molecule has 0 saturated heterocycles. The van der Waals surface area contributed by atoms with Crippen molar-refractivity contribution >= 4 is 5.78 Å². The second-order valence-electron chi connectivity index (χ2n) is 7.11. The lowest BCUT2D eigenvalue weighted by Gasteiger charge is -2.34. The smallest absolute Gasteiger partial charge is 0.205 e. The summed E-state index contributed by atoms with van der Waals surface area (Å²) in [5.41, 5.74) is 10.1. The normalized spacial score (nSPS) is 22.1. The summed E-state index contributed by atoms with van der Waals surface area (Å²) in [5.74, 6) is 0.331. The van der Waals surface area contributed by atoms with Gasteiger partial charge in [0.1, 0.15) is 17.4 Å².